The number of nitrogens with one attached hydrogen (secondary N) is 3. The Hall–Kier alpha value is -4.53. The van der Waals surface area contributed by atoms with Gasteiger partial charge in [-0.05, 0) is 60.7 Å². The molecule has 0 atom stereocenters. The van der Waals surface area contributed by atoms with Crippen molar-refractivity contribution in [3.05, 3.63) is 78.4 Å². The summed E-state index contributed by atoms with van der Waals surface area (Å²) in [6, 6.07) is 20.1. The Morgan fingerprint density at radius 2 is 1.24 bits per heavy atom. The van der Waals surface area contributed by atoms with Crippen molar-refractivity contribution in [2.45, 2.75) is 0 Å². The van der Waals surface area contributed by atoms with Gasteiger partial charge >= 0.3 is 0 Å². The number of hydrogen-bond acceptors (Lipinski definition) is 6. The maximum atomic E-state index is 12.6. The average molecular weight is 463 g/mol. The van der Waals surface area contributed by atoms with Crippen molar-refractivity contribution >= 4 is 29.1 Å². The molecule has 34 heavy (non-hydrogen) atoms. The first kappa shape index (κ1) is 24.1. The van der Waals surface area contributed by atoms with Gasteiger partial charge in [0, 0.05) is 11.4 Å². The number of rotatable bonds is 10. The number of hydrogen-bond donors (Lipinski definition) is 3. The summed E-state index contributed by atoms with van der Waals surface area (Å²) in [6.07, 6.45) is 0. The van der Waals surface area contributed by atoms with Gasteiger partial charge in [-0.2, -0.15) is 0 Å². The molecular formula is C25H25N3O6. The lowest BCUT2D eigenvalue weighted by Gasteiger charge is -2.12. The van der Waals surface area contributed by atoms with Gasteiger partial charge in [0.05, 0.1) is 26.3 Å². The molecule has 0 aliphatic heterocycles. The van der Waals surface area contributed by atoms with E-state index in [1.54, 1.807) is 87.0 Å². The fourth-order valence-electron chi connectivity index (χ4n) is 2.93. The van der Waals surface area contributed by atoms with Gasteiger partial charge in [-0.1, -0.05) is 12.1 Å². The van der Waals surface area contributed by atoms with Crippen molar-refractivity contribution in [2.75, 3.05) is 38.0 Å². The van der Waals surface area contributed by atoms with E-state index in [4.69, 9.17) is 14.2 Å². The molecule has 3 rings (SSSR count). The van der Waals surface area contributed by atoms with Crippen LogP contribution in [-0.4, -0.2) is 45.1 Å². The van der Waals surface area contributed by atoms with Crippen LogP contribution in [0.5, 0.6) is 17.2 Å². The molecule has 3 amide bonds. The van der Waals surface area contributed by atoms with Crippen LogP contribution in [0.15, 0.2) is 72.8 Å². The maximum absolute atomic E-state index is 12.6. The fraction of sp³-hybridized carbons (Fsp3) is 0.160. The van der Waals surface area contributed by atoms with Gasteiger partial charge in [-0.15, -0.1) is 0 Å². The standard InChI is InChI=1S/C25H25N3O6/c1-32-19-11-7-17(8-12-19)27-23(29)15-26-25(31)21-5-3-4-6-22(21)34-16-24(30)28-18-9-13-20(33-2)14-10-18/h3-14H,15-16H2,1-2H3,(H,26,31)(H,27,29)(H,28,30). The number of amides is 3. The highest BCUT2D eigenvalue weighted by atomic mass is 16.5. The van der Waals surface area contributed by atoms with Crippen LogP contribution in [0.25, 0.3) is 0 Å². The van der Waals surface area contributed by atoms with Gasteiger partial charge in [0.25, 0.3) is 11.8 Å². The topological polar surface area (TPSA) is 115 Å². The van der Waals surface area contributed by atoms with Crippen LogP contribution in [0.1, 0.15) is 10.4 Å². The van der Waals surface area contributed by atoms with Crippen molar-refractivity contribution in [3.8, 4) is 17.2 Å². The van der Waals surface area contributed by atoms with Crippen LogP contribution in [0.3, 0.4) is 0 Å². The Labute approximate surface area is 197 Å². The lowest BCUT2D eigenvalue weighted by molar-refractivity contribution is -0.118. The molecule has 0 aliphatic carbocycles. The Morgan fingerprint density at radius 3 is 1.79 bits per heavy atom. The third-order valence-corrected chi connectivity index (χ3v) is 4.65. The molecule has 3 aromatic carbocycles. The van der Waals surface area contributed by atoms with Crippen molar-refractivity contribution in [1.82, 2.24) is 5.32 Å². The largest absolute Gasteiger partial charge is 0.497 e. The van der Waals surface area contributed by atoms with Gasteiger partial charge in [0.2, 0.25) is 5.91 Å². The monoisotopic (exact) mass is 463 g/mol. The van der Waals surface area contributed by atoms with Gasteiger partial charge in [0.1, 0.15) is 17.2 Å². The summed E-state index contributed by atoms with van der Waals surface area (Å²) in [5, 5.41) is 7.94. The highest BCUT2D eigenvalue weighted by molar-refractivity contribution is 6.01. The molecule has 0 spiro atoms. The number of carbonyl (C=O) groups excluding carboxylic acids is 3. The smallest absolute Gasteiger partial charge is 0.262 e. The van der Waals surface area contributed by atoms with Gasteiger partial charge in [-0.3, -0.25) is 14.4 Å². The minimum Gasteiger partial charge on any atom is -0.497 e. The van der Waals surface area contributed by atoms with Crippen LogP contribution in [0, 0.1) is 0 Å². The summed E-state index contributed by atoms with van der Waals surface area (Å²) in [6.45, 7) is -0.536. The average Bonchev–Trinajstić information content (AvgIpc) is 2.87. The van der Waals surface area contributed by atoms with Gasteiger partial charge < -0.3 is 30.2 Å². The quantitative estimate of drug-likeness (QED) is 0.426. The van der Waals surface area contributed by atoms with Crippen LogP contribution in [-0.2, 0) is 9.59 Å². The summed E-state index contributed by atoms with van der Waals surface area (Å²) >= 11 is 0. The van der Waals surface area contributed by atoms with E-state index in [0.717, 1.165) is 0 Å². The molecule has 0 heterocycles. The normalized spacial score (nSPS) is 10.1. The first-order valence-corrected chi connectivity index (χ1v) is 10.4. The Kier molecular flexibility index (Phi) is 8.45. The molecule has 9 nitrogen and oxygen atoms in total. The third-order valence-electron chi connectivity index (χ3n) is 4.65. The first-order valence-electron chi connectivity index (χ1n) is 10.4. The minimum atomic E-state index is -0.504. The van der Waals surface area contributed by atoms with Crippen LogP contribution >= 0.6 is 0 Å². The Balaban J connectivity index is 1.51. The SMILES string of the molecule is COc1ccc(NC(=O)CNC(=O)c2ccccc2OCC(=O)Nc2ccc(OC)cc2)cc1. The van der Waals surface area contributed by atoms with Crippen molar-refractivity contribution in [2.24, 2.45) is 0 Å². The van der Waals surface area contributed by atoms with Crippen molar-refractivity contribution in [3.63, 3.8) is 0 Å². The minimum absolute atomic E-state index is 0.206. The molecule has 0 aliphatic rings. The molecule has 0 unspecified atom stereocenters. The maximum Gasteiger partial charge on any atom is 0.262 e. The lowest BCUT2D eigenvalue weighted by Crippen LogP contribution is -2.33. The van der Waals surface area contributed by atoms with E-state index in [2.05, 4.69) is 16.0 Å². The second-order valence-corrected chi connectivity index (χ2v) is 7.02. The molecule has 0 saturated heterocycles. The summed E-state index contributed by atoms with van der Waals surface area (Å²) in [7, 11) is 3.11. The zero-order chi connectivity index (χ0) is 24.3. The fourth-order valence-corrected chi connectivity index (χ4v) is 2.93. The molecule has 0 aromatic heterocycles. The second-order valence-electron chi connectivity index (χ2n) is 7.02. The van der Waals surface area contributed by atoms with Crippen LogP contribution in [0.2, 0.25) is 0 Å². The number of anilines is 2. The van der Waals surface area contributed by atoms with Crippen LogP contribution in [0.4, 0.5) is 11.4 Å². The zero-order valence-corrected chi connectivity index (χ0v) is 18.8. The first-order chi connectivity index (χ1) is 16.5. The van der Waals surface area contributed by atoms with E-state index in [-0.39, 0.29) is 30.4 Å². The van der Waals surface area contributed by atoms with E-state index in [1.165, 1.54) is 0 Å². The molecule has 3 aromatic rings. The van der Waals surface area contributed by atoms with Gasteiger partial charge in [0.15, 0.2) is 6.61 Å². The molecule has 9 heteroatoms. The van der Waals surface area contributed by atoms with E-state index in [9.17, 15) is 14.4 Å². The highest BCUT2D eigenvalue weighted by Gasteiger charge is 2.15. The number of benzene rings is 3. The third kappa shape index (κ3) is 6.99. The molecule has 0 radical (unpaired) electrons. The van der Waals surface area contributed by atoms with E-state index < -0.39 is 11.8 Å². The zero-order valence-electron chi connectivity index (χ0n) is 18.8. The summed E-state index contributed by atoms with van der Waals surface area (Å²) < 4.78 is 15.7. The lowest BCUT2D eigenvalue weighted by atomic mass is 10.2. The predicted octanol–water partition coefficient (Wildman–Crippen LogP) is 3.09. The van der Waals surface area contributed by atoms with E-state index in [0.29, 0.717) is 22.9 Å². The number of ether oxygens (including phenoxy) is 3. The van der Waals surface area contributed by atoms with Crippen molar-refractivity contribution < 1.29 is 28.6 Å². The van der Waals surface area contributed by atoms with Crippen LogP contribution < -0.4 is 30.2 Å². The van der Waals surface area contributed by atoms with Crippen molar-refractivity contribution in [1.29, 1.82) is 0 Å². The van der Waals surface area contributed by atoms with Gasteiger partial charge in [-0.25, -0.2) is 0 Å². The molecule has 176 valence electrons. The second kappa shape index (κ2) is 11.9. The number of para-hydroxylation sites is 1. The molecule has 3 N–H and O–H groups in total. The summed E-state index contributed by atoms with van der Waals surface area (Å²) in [5.74, 6) is 0.277. The van der Waals surface area contributed by atoms with E-state index in [1.807, 2.05) is 0 Å². The number of carbonyl (C=O) groups is 3. The predicted molar refractivity (Wildman–Crippen MR) is 128 cm³/mol. The highest BCUT2D eigenvalue weighted by Crippen LogP contribution is 2.19. The van der Waals surface area contributed by atoms with E-state index >= 15 is 0 Å². The molecule has 0 bridgehead atoms. The Morgan fingerprint density at radius 1 is 0.706 bits per heavy atom. The Bertz CT molecular complexity index is 1130. The molecular weight excluding hydrogens is 438 g/mol. The molecule has 0 fully saturated rings. The molecule has 0 saturated carbocycles. The summed E-state index contributed by atoms with van der Waals surface area (Å²) in [4.78, 5) is 37.0. The number of methoxy groups -OCH3 is 2. The summed E-state index contributed by atoms with van der Waals surface area (Å²) in [5.41, 5.74) is 1.37.